The number of alkyl halides is 1. The maximum absolute atomic E-state index is 5.59. The molecule has 1 aromatic carbocycles. The highest BCUT2D eigenvalue weighted by atomic mass is 79.9. The van der Waals surface area contributed by atoms with Crippen LogP contribution in [0.4, 0.5) is 0 Å². The first kappa shape index (κ1) is 10.6. The molecule has 3 nitrogen and oxygen atoms in total. The molecule has 0 aliphatic heterocycles. The SMILES string of the molecule is Cc1cc(-c2nc(CCl)no2)ccc1Br. The molecule has 0 radical (unpaired) electrons. The van der Waals surface area contributed by atoms with Crippen molar-refractivity contribution in [2.75, 3.05) is 0 Å². The third-order valence-electron chi connectivity index (χ3n) is 1.99. The van der Waals surface area contributed by atoms with Gasteiger partial charge in [0.25, 0.3) is 5.89 Å². The Bertz CT molecular complexity index is 484. The summed E-state index contributed by atoms with van der Waals surface area (Å²) in [5, 5.41) is 3.73. The maximum Gasteiger partial charge on any atom is 0.257 e. The van der Waals surface area contributed by atoms with Crippen molar-refractivity contribution in [2.45, 2.75) is 12.8 Å². The standard InChI is InChI=1S/C10H8BrClN2O/c1-6-4-7(2-3-8(6)11)10-13-9(5-12)14-15-10/h2-4H,5H2,1H3. The third-order valence-corrected chi connectivity index (χ3v) is 3.12. The van der Waals surface area contributed by atoms with Gasteiger partial charge in [-0.3, -0.25) is 0 Å². The Morgan fingerprint density at radius 3 is 2.87 bits per heavy atom. The number of benzene rings is 1. The van der Waals surface area contributed by atoms with Crippen LogP contribution in [-0.2, 0) is 5.88 Å². The topological polar surface area (TPSA) is 38.9 Å². The summed E-state index contributed by atoms with van der Waals surface area (Å²) in [6.45, 7) is 2.01. The third kappa shape index (κ3) is 2.21. The number of halogens is 2. The van der Waals surface area contributed by atoms with Gasteiger partial charge in [0.05, 0.1) is 5.88 Å². The molecule has 15 heavy (non-hydrogen) atoms. The van der Waals surface area contributed by atoms with Crippen LogP contribution in [0.25, 0.3) is 11.5 Å². The molecule has 0 saturated heterocycles. The van der Waals surface area contributed by atoms with Crippen LogP contribution in [-0.4, -0.2) is 10.1 Å². The summed E-state index contributed by atoms with van der Waals surface area (Å²) in [5.74, 6) is 1.27. The van der Waals surface area contributed by atoms with E-state index in [4.69, 9.17) is 16.1 Å². The Morgan fingerprint density at radius 2 is 2.27 bits per heavy atom. The smallest absolute Gasteiger partial charge is 0.257 e. The lowest BCUT2D eigenvalue weighted by Gasteiger charge is -1.99. The Kier molecular flexibility index (Phi) is 3.07. The van der Waals surface area contributed by atoms with E-state index in [9.17, 15) is 0 Å². The first-order valence-corrected chi connectivity index (χ1v) is 5.68. The van der Waals surface area contributed by atoms with Crippen LogP contribution >= 0.6 is 27.5 Å². The van der Waals surface area contributed by atoms with Gasteiger partial charge in [-0.05, 0) is 30.7 Å². The van der Waals surface area contributed by atoms with Crippen molar-refractivity contribution in [3.8, 4) is 11.5 Å². The van der Waals surface area contributed by atoms with Crippen LogP contribution in [0.3, 0.4) is 0 Å². The second kappa shape index (κ2) is 4.33. The summed E-state index contributed by atoms with van der Waals surface area (Å²) >= 11 is 9.02. The molecule has 0 aliphatic carbocycles. The molecular weight excluding hydrogens is 279 g/mol. The molecule has 0 aliphatic rings. The van der Waals surface area contributed by atoms with Gasteiger partial charge in [0.1, 0.15) is 0 Å². The highest BCUT2D eigenvalue weighted by molar-refractivity contribution is 9.10. The van der Waals surface area contributed by atoms with E-state index in [2.05, 4.69) is 26.1 Å². The predicted octanol–water partition coefficient (Wildman–Crippen LogP) is 3.55. The van der Waals surface area contributed by atoms with Crippen LogP contribution in [0.15, 0.2) is 27.2 Å². The molecule has 5 heteroatoms. The summed E-state index contributed by atoms with van der Waals surface area (Å²) in [6, 6.07) is 5.85. The molecule has 0 fully saturated rings. The first-order chi connectivity index (χ1) is 7.20. The highest BCUT2D eigenvalue weighted by Crippen LogP contribution is 2.23. The molecule has 0 spiro atoms. The Labute approximate surface area is 101 Å². The molecule has 0 atom stereocenters. The van der Waals surface area contributed by atoms with Crippen molar-refractivity contribution < 1.29 is 4.52 Å². The summed E-state index contributed by atoms with van der Waals surface area (Å²) in [4.78, 5) is 4.14. The largest absolute Gasteiger partial charge is 0.334 e. The van der Waals surface area contributed by atoms with Crippen molar-refractivity contribution in [1.29, 1.82) is 0 Å². The minimum Gasteiger partial charge on any atom is -0.334 e. The number of hydrogen-bond donors (Lipinski definition) is 0. The summed E-state index contributed by atoms with van der Waals surface area (Å²) in [6.07, 6.45) is 0. The van der Waals surface area contributed by atoms with Gasteiger partial charge < -0.3 is 4.52 Å². The van der Waals surface area contributed by atoms with Crippen LogP contribution < -0.4 is 0 Å². The van der Waals surface area contributed by atoms with Gasteiger partial charge in [-0.1, -0.05) is 21.1 Å². The summed E-state index contributed by atoms with van der Waals surface area (Å²) < 4.78 is 6.13. The number of hydrogen-bond acceptors (Lipinski definition) is 3. The quantitative estimate of drug-likeness (QED) is 0.793. The fourth-order valence-corrected chi connectivity index (χ4v) is 1.56. The molecule has 1 aromatic heterocycles. The molecule has 2 rings (SSSR count). The lowest BCUT2D eigenvalue weighted by Crippen LogP contribution is -1.82. The van der Waals surface area contributed by atoms with Crippen molar-refractivity contribution in [2.24, 2.45) is 0 Å². The summed E-state index contributed by atoms with van der Waals surface area (Å²) in [7, 11) is 0. The number of nitrogens with zero attached hydrogens (tertiary/aromatic N) is 2. The number of aromatic nitrogens is 2. The van der Waals surface area contributed by atoms with Gasteiger partial charge in [-0.15, -0.1) is 11.6 Å². The second-order valence-corrected chi connectivity index (χ2v) is 4.23. The normalized spacial score (nSPS) is 10.6. The van der Waals surface area contributed by atoms with Crippen LogP contribution in [0.1, 0.15) is 11.4 Å². The van der Waals surface area contributed by atoms with Crippen molar-refractivity contribution in [1.82, 2.24) is 10.1 Å². The van der Waals surface area contributed by atoms with E-state index in [-0.39, 0.29) is 5.88 Å². The van der Waals surface area contributed by atoms with E-state index in [1.807, 2.05) is 25.1 Å². The average molecular weight is 288 g/mol. The number of aryl methyl sites for hydroxylation is 1. The van der Waals surface area contributed by atoms with Crippen molar-refractivity contribution >= 4 is 27.5 Å². The van der Waals surface area contributed by atoms with E-state index in [1.54, 1.807) is 0 Å². The second-order valence-electron chi connectivity index (χ2n) is 3.11. The van der Waals surface area contributed by atoms with Crippen molar-refractivity contribution in [3.05, 3.63) is 34.1 Å². The first-order valence-electron chi connectivity index (χ1n) is 4.36. The number of rotatable bonds is 2. The molecule has 0 bridgehead atoms. The lowest BCUT2D eigenvalue weighted by atomic mass is 10.1. The summed E-state index contributed by atoms with van der Waals surface area (Å²) in [5.41, 5.74) is 2.03. The zero-order valence-corrected chi connectivity index (χ0v) is 10.3. The predicted molar refractivity (Wildman–Crippen MR) is 61.7 cm³/mol. The molecular formula is C10H8BrClN2O. The van der Waals surface area contributed by atoms with Gasteiger partial charge in [0.15, 0.2) is 5.82 Å². The van der Waals surface area contributed by atoms with Gasteiger partial charge >= 0.3 is 0 Å². The van der Waals surface area contributed by atoms with Gasteiger partial charge in [0, 0.05) is 10.0 Å². The van der Waals surface area contributed by atoms with E-state index in [0.717, 1.165) is 15.6 Å². The van der Waals surface area contributed by atoms with Gasteiger partial charge in [-0.25, -0.2) is 0 Å². The Morgan fingerprint density at radius 1 is 1.47 bits per heavy atom. The zero-order valence-electron chi connectivity index (χ0n) is 8.00. The Hall–Kier alpha value is -0.870. The fourth-order valence-electron chi connectivity index (χ4n) is 1.20. The van der Waals surface area contributed by atoms with Gasteiger partial charge in [-0.2, -0.15) is 4.98 Å². The van der Waals surface area contributed by atoms with E-state index in [1.165, 1.54) is 0 Å². The molecule has 0 saturated carbocycles. The van der Waals surface area contributed by atoms with Crippen LogP contribution in [0, 0.1) is 6.92 Å². The molecule has 0 unspecified atom stereocenters. The van der Waals surface area contributed by atoms with E-state index < -0.39 is 0 Å². The van der Waals surface area contributed by atoms with Crippen LogP contribution in [0.2, 0.25) is 0 Å². The highest BCUT2D eigenvalue weighted by Gasteiger charge is 2.08. The average Bonchev–Trinajstić information content (AvgIpc) is 2.70. The molecule has 0 amide bonds. The monoisotopic (exact) mass is 286 g/mol. The molecule has 2 aromatic rings. The van der Waals surface area contributed by atoms with E-state index in [0.29, 0.717) is 11.7 Å². The van der Waals surface area contributed by atoms with Crippen LogP contribution in [0.5, 0.6) is 0 Å². The molecule has 1 heterocycles. The Balaban J connectivity index is 2.40. The zero-order chi connectivity index (χ0) is 10.8. The van der Waals surface area contributed by atoms with E-state index >= 15 is 0 Å². The maximum atomic E-state index is 5.59. The minimum atomic E-state index is 0.263. The lowest BCUT2D eigenvalue weighted by molar-refractivity contribution is 0.425. The van der Waals surface area contributed by atoms with Gasteiger partial charge in [0.2, 0.25) is 0 Å². The molecule has 0 N–H and O–H groups in total. The minimum absolute atomic E-state index is 0.263. The fraction of sp³-hybridized carbons (Fsp3) is 0.200. The molecule has 78 valence electrons. The van der Waals surface area contributed by atoms with Crippen molar-refractivity contribution in [3.63, 3.8) is 0 Å².